The first kappa shape index (κ1) is 14.1. The molecule has 0 unspecified atom stereocenters. The third-order valence-corrected chi connectivity index (χ3v) is 2.28. The Hall–Kier alpha value is -1.00. The van der Waals surface area contributed by atoms with Crippen molar-refractivity contribution in [2.75, 3.05) is 12.4 Å². The van der Waals surface area contributed by atoms with Crippen LogP contribution in [-0.4, -0.2) is 12.4 Å². The lowest BCUT2D eigenvalue weighted by atomic mass is 10.1. The third-order valence-electron chi connectivity index (χ3n) is 2.10. The summed E-state index contributed by atoms with van der Waals surface area (Å²) >= 11 is 5.43. The van der Waals surface area contributed by atoms with Gasteiger partial charge in [0.25, 0.3) is 0 Å². The van der Waals surface area contributed by atoms with Gasteiger partial charge in [-0.15, -0.1) is 11.6 Å². The highest BCUT2D eigenvalue weighted by Crippen LogP contribution is 2.29. The van der Waals surface area contributed by atoms with E-state index in [1.165, 1.54) is 6.07 Å². The molecule has 17 heavy (non-hydrogen) atoms. The molecule has 1 N–H and O–H groups in total. The van der Waals surface area contributed by atoms with Crippen molar-refractivity contribution in [3.63, 3.8) is 0 Å². The zero-order chi connectivity index (χ0) is 12.7. The Kier molecular flexibility index (Phi) is 5.51. The second-order valence-electron chi connectivity index (χ2n) is 3.45. The monoisotopic (exact) mass is 263 g/mol. The fourth-order valence-corrected chi connectivity index (χ4v) is 1.43. The van der Waals surface area contributed by atoms with E-state index >= 15 is 0 Å². The van der Waals surface area contributed by atoms with Gasteiger partial charge in [-0.1, -0.05) is 30.4 Å². The summed E-state index contributed by atoms with van der Waals surface area (Å²) in [4.78, 5) is 0. The van der Waals surface area contributed by atoms with E-state index in [1.54, 1.807) is 12.1 Å². The quantitative estimate of drug-likeness (QED) is 0.486. The Labute approximate surface area is 103 Å². The second kappa shape index (κ2) is 6.67. The summed E-state index contributed by atoms with van der Waals surface area (Å²) in [6.07, 6.45) is -0.671. The molecule has 1 aromatic rings. The molecule has 0 aliphatic rings. The van der Waals surface area contributed by atoms with Crippen molar-refractivity contribution < 1.29 is 13.2 Å². The maximum atomic E-state index is 12.4. The van der Waals surface area contributed by atoms with Crippen LogP contribution in [0.2, 0.25) is 0 Å². The summed E-state index contributed by atoms with van der Waals surface area (Å²) < 4.78 is 37.2. The highest BCUT2D eigenvalue weighted by molar-refractivity contribution is 6.18. The molecule has 1 aromatic carbocycles. The lowest BCUT2D eigenvalue weighted by molar-refractivity contribution is -0.137. The highest BCUT2D eigenvalue weighted by Gasteiger charge is 2.30. The number of hydrogen-bond donors (Lipinski definition) is 1. The number of nitrogens with one attached hydrogen (secondary N) is 1. The molecule has 1 nitrogen and oxygen atoms in total. The average Bonchev–Trinajstić information content (AvgIpc) is 2.28. The van der Waals surface area contributed by atoms with Gasteiger partial charge in [0.1, 0.15) is 0 Å². The predicted octanol–water partition coefficient (Wildman–Crippen LogP) is 3.59. The molecule has 5 heteroatoms. The summed E-state index contributed by atoms with van der Waals surface area (Å²) in [7, 11) is 0. The molecule has 0 saturated heterocycles. The molecule has 1 rings (SSSR count). The van der Waals surface area contributed by atoms with Crippen LogP contribution in [0.25, 0.3) is 0 Å². The molecule has 0 aliphatic carbocycles. The number of alkyl halides is 4. The van der Waals surface area contributed by atoms with Crippen molar-refractivity contribution in [2.45, 2.75) is 12.7 Å². The third kappa shape index (κ3) is 5.24. The van der Waals surface area contributed by atoms with Crippen LogP contribution in [0.15, 0.2) is 36.4 Å². The lowest BCUT2D eigenvalue weighted by Crippen LogP contribution is -2.14. The van der Waals surface area contributed by atoms with Gasteiger partial charge in [0, 0.05) is 19.0 Å². The summed E-state index contributed by atoms with van der Waals surface area (Å²) in [5.74, 6) is 0.436. The number of hydrogen-bond acceptors (Lipinski definition) is 1. The summed E-state index contributed by atoms with van der Waals surface area (Å²) in [6.45, 7) is 0.986. The van der Waals surface area contributed by atoms with Gasteiger partial charge in [-0.25, -0.2) is 0 Å². The van der Waals surface area contributed by atoms with Crippen LogP contribution in [-0.2, 0) is 12.7 Å². The number of halogens is 4. The zero-order valence-corrected chi connectivity index (χ0v) is 9.85. The van der Waals surface area contributed by atoms with E-state index in [4.69, 9.17) is 11.6 Å². The minimum Gasteiger partial charge on any atom is -0.309 e. The van der Waals surface area contributed by atoms with E-state index < -0.39 is 11.7 Å². The molecule has 0 saturated carbocycles. The largest absolute Gasteiger partial charge is 0.416 e. The normalized spacial score (nSPS) is 12.2. The molecule has 0 heterocycles. The van der Waals surface area contributed by atoms with Crippen LogP contribution in [0.5, 0.6) is 0 Å². The molecular formula is C12H13ClF3N. The number of allylic oxidation sites excluding steroid dienone is 1. The van der Waals surface area contributed by atoms with Gasteiger partial charge < -0.3 is 5.32 Å². The zero-order valence-electron chi connectivity index (χ0n) is 9.10. The van der Waals surface area contributed by atoms with Crippen molar-refractivity contribution in [1.29, 1.82) is 0 Å². The molecule has 0 aromatic heterocycles. The van der Waals surface area contributed by atoms with Gasteiger partial charge in [-0.3, -0.25) is 0 Å². The van der Waals surface area contributed by atoms with Crippen molar-refractivity contribution in [3.05, 3.63) is 47.5 Å². The molecule has 0 amide bonds. The van der Waals surface area contributed by atoms with Crippen LogP contribution in [0.3, 0.4) is 0 Å². The first-order valence-electron chi connectivity index (χ1n) is 5.12. The molecule has 0 bridgehead atoms. The topological polar surface area (TPSA) is 12.0 Å². The van der Waals surface area contributed by atoms with Crippen molar-refractivity contribution >= 4 is 11.6 Å². The minimum atomic E-state index is -4.28. The van der Waals surface area contributed by atoms with Gasteiger partial charge in [0.2, 0.25) is 0 Å². The Morgan fingerprint density at radius 1 is 1.24 bits per heavy atom. The van der Waals surface area contributed by atoms with Gasteiger partial charge in [-0.05, 0) is 11.6 Å². The van der Waals surface area contributed by atoms with Gasteiger partial charge in [0.15, 0.2) is 0 Å². The van der Waals surface area contributed by atoms with Gasteiger partial charge in [0.05, 0.1) is 5.56 Å². The second-order valence-corrected chi connectivity index (χ2v) is 3.76. The van der Waals surface area contributed by atoms with Crippen LogP contribution in [0.1, 0.15) is 11.1 Å². The minimum absolute atomic E-state index is 0.399. The van der Waals surface area contributed by atoms with Crippen LogP contribution in [0, 0.1) is 0 Å². The Morgan fingerprint density at radius 2 is 2.00 bits per heavy atom. The maximum Gasteiger partial charge on any atom is 0.416 e. The Morgan fingerprint density at radius 3 is 2.65 bits per heavy atom. The molecular weight excluding hydrogens is 251 g/mol. The summed E-state index contributed by atoms with van der Waals surface area (Å²) in [6, 6.07) is 5.29. The summed E-state index contributed by atoms with van der Waals surface area (Å²) in [5.41, 5.74) is -0.00722. The average molecular weight is 264 g/mol. The van der Waals surface area contributed by atoms with E-state index in [1.807, 2.05) is 6.08 Å². The van der Waals surface area contributed by atoms with Crippen molar-refractivity contribution in [3.8, 4) is 0 Å². The Bertz CT molecular complexity index is 374. The van der Waals surface area contributed by atoms with Crippen LogP contribution < -0.4 is 5.32 Å². The van der Waals surface area contributed by atoms with Gasteiger partial charge in [-0.2, -0.15) is 13.2 Å². The smallest absolute Gasteiger partial charge is 0.309 e. The number of benzene rings is 1. The standard InChI is InChI=1S/C12H13ClF3N/c13-6-1-2-7-17-9-10-4-3-5-11(8-10)12(14,15)16/h1-5,8,17H,6-7,9H2/b2-1+. The SMILES string of the molecule is FC(F)(F)c1cccc(CNC/C=C/CCl)c1. The van der Waals surface area contributed by atoms with E-state index in [2.05, 4.69) is 5.32 Å². The molecule has 0 fully saturated rings. The highest BCUT2D eigenvalue weighted by atomic mass is 35.5. The first-order chi connectivity index (χ1) is 8.04. The van der Waals surface area contributed by atoms with E-state index in [0.29, 0.717) is 24.5 Å². The van der Waals surface area contributed by atoms with E-state index in [0.717, 1.165) is 12.1 Å². The first-order valence-corrected chi connectivity index (χ1v) is 5.65. The maximum absolute atomic E-state index is 12.4. The van der Waals surface area contributed by atoms with E-state index in [9.17, 15) is 13.2 Å². The van der Waals surface area contributed by atoms with Crippen molar-refractivity contribution in [2.24, 2.45) is 0 Å². The van der Waals surface area contributed by atoms with Crippen LogP contribution >= 0.6 is 11.6 Å². The molecule has 94 valence electrons. The summed E-state index contributed by atoms with van der Waals surface area (Å²) in [5, 5.41) is 3.00. The lowest BCUT2D eigenvalue weighted by Gasteiger charge is -2.08. The molecule has 0 aliphatic heterocycles. The fraction of sp³-hybridized carbons (Fsp3) is 0.333. The van der Waals surface area contributed by atoms with Gasteiger partial charge >= 0.3 is 6.18 Å². The predicted molar refractivity (Wildman–Crippen MR) is 63.0 cm³/mol. The van der Waals surface area contributed by atoms with E-state index in [-0.39, 0.29) is 0 Å². The molecule has 0 radical (unpaired) electrons. The fourth-order valence-electron chi connectivity index (χ4n) is 1.30. The molecule has 0 atom stereocenters. The Balaban J connectivity index is 2.52. The van der Waals surface area contributed by atoms with Crippen LogP contribution in [0.4, 0.5) is 13.2 Å². The van der Waals surface area contributed by atoms with Crippen molar-refractivity contribution in [1.82, 2.24) is 5.32 Å². The molecule has 0 spiro atoms. The number of rotatable bonds is 5.